The molecule has 6 heteroatoms. The van der Waals surface area contributed by atoms with Crippen molar-refractivity contribution in [3.05, 3.63) is 23.4 Å². The average Bonchev–Trinajstić information content (AvgIpc) is 2.80. The van der Waals surface area contributed by atoms with Gasteiger partial charge < -0.3 is 4.57 Å². The lowest BCUT2D eigenvalue weighted by Gasteiger charge is -2.00. The highest BCUT2D eigenvalue weighted by molar-refractivity contribution is 6.29. The van der Waals surface area contributed by atoms with Gasteiger partial charge in [-0.1, -0.05) is 11.6 Å². The van der Waals surface area contributed by atoms with E-state index in [2.05, 4.69) is 24.7 Å². The molecule has 3 heterocycles. The fraction of sp³-hybridized carbons (Fsp3) is 0.333. The molecule has 1 aliphatic heterocycles. The Bertz CT molecular complexity index is 490. The molecule has 0 saturated carbocycles. The second-order valence-electron chi connectivity index (χ2n) is 3.42. The van der Waals surface area contributed by atoms with E-state index in [1.807, 2.05) is 0 Å². The fourth-order valence-electron chi connectivity index (χ4n) is 1.77. The van der Waals surface area contributed by atoms with E-state index in [-0.39, 0.29) is 0 Å². The predicted octanol–water partition coefficient (Wildman–Crippen LogP) is 1.33. The fourth-order valence-corrected chi connectivity index (χ4v) is 1.87. The van der Waals surface area contributed by atoms with E-state index < -0.39 is 0 Å². The van der Waals surface area contributed by atoms with Crippen LogP contribution >= 0.6 is 11.6 Å². The van der Waals surface area contributed by atoms with Crippen molar-refractivity contribution >= 4 is 11.6 Å². The Balaban J connectivity index is 2.09. The molecule has 0 unspecified atom stereocenters. The van der Waals surface area contributed by atoms with Gasteiger partial charge in [-0.15, -0.1) is 10.2 Å². The average molecular weight is 222 g/mol. The molecule has 0 aliphatic carbocycles. The monoisotopic (exact) mass is 221 g/mol. The number of fused-ring (bicyclic) bond motifs is 1. The summed E-state index contributed by atoms with van der Waals surface area (Å²) in [6, 6.07) is 0. The number of hydrogen-bond donors (Lipinski definition) is 0. The van der Waals surface area contributed by atoms with Gasteiger partial charge in [0.15, 0.2) is 5.82 Å². The molecule has 0 fully saturated rings. The van der Waals surface area contributed by atoms with E-state index in [1.54, 1.807) is 6.20 Å². The van der Waals surface area contributed by atoms with E-state index >= 15 is 0 Å². The summed E-state index contributed by atoms with van der Waals surface area (Å²) in [5.41, 5.74) is 0.722. The maximum absolute atomic E-state index is 5.67. The highest BCUT2D eigenvalue weighted by Crippen LogP contribution is 2.21. The van der Waals surface area contributed by atoms with Crippen molar-refractivity contribution in [2.24, 2.45) is 0 Å². The predicted molar refractivity (Wildman–Crippen MR) is 54.4 cm³/mol. The summed E-state index contributed by atoms with van der Waals surface area (Å²) in [4.78, 5) is 8.16. The SMILES string of the molecule is Clc1cnc(-c2nnc3n2CCC3)cn1. The molecule has 0 amide bonds. The molecule has 0 N–H and O–H groups in total. The Labute approximate surface area is 91.1 Å². The summed E-state index contributed by atoms with van der Waals surface area (Å²) in [5.74, 6) is 1.81. The van der Waals surface area contributed by atoms with Gasteiger partial charge in [0.1, 0.15) is 16.7 Å². The smallest absolute Gasteiger partial charge is 0.184 e. The molecule has 5 nitrogen and oxygen atoms in total. The van der Waals surface area contributed by atoms with Crippen LogP contribution < -0.4 is 0 Å². The summed E-state index contributed by atoms with van der Waals surface area (Å²) in [5, 5.41) is 8.60. The minimum Gasteiger partial charge on any atom is -0.310 e. The zero-order chi connectivity index (χ0) is 10.3. The second-order valence-corrected chi connectivity index (χ2v) is 3.81. The van der Waals surface area contributed by atoms with Crippen LogP contribution in [0.4, 0.5) is 0 Å². The first-order valence-electron chi connectivity index (χ1n) is 4.74. The van der Waals surface area contributed by atoms with Crippen LogP contribution in [-0.2, 0) is 13.0 Å². The molecule has 3 rings (SSSR count). The summed E-state index contributed by atoms with van der Waals surface area (Å²) in [6.45, 7) is 0.960. The molecule has 0 aromatic carbocycles. The van der Waals surface area contributed by atoms with E-state index in [4.69, 9.17) is 11.6 Å². The van der Waals surface area contributed by atoms with Crippen LogP contribution in [-0.4, -0.2) is 24.7 Å². The van der Waals surface area contributed by atoms with Gasteiger partial charge in [0.05, 0.1) is 12.4 Å². The molecule has 15 heavy (non-hydrogen) atoms. The Hall–Kier alpha value is -1.49. The molecule has 0 saturated heterocycles. The van der Waals surface area contributed by atoms with Crippen molar-refractivity contribution in [2.75, 3.05) is 0 Å². The number of rotatable bonds is 1. The van der Waals surface area contributed by atoms with Crippen LogP contribution in [0.5, 0.6) is 0 Å². The highest BCUT2D eigenvalue weighted by Gasteiger charge is 2.19. The van der Waals surface area contributed by atoms with Crippen molar-refractivity contribution in [1.29, 1.82) is 0 Å². The van der Waals surface area contributed by atoms with Crippen LogP contribution in [0.25, 0.3) is 11.5 Å². The number of halogens is 1. The van der Waals surface area contributed by atoms with Crippen LogP contribution in [0.1, 0.15) is 12.2 Å². The number of aromatic nitrogens is 5. The van der Waals surface area contributed by atoms with Crippen LogP contribution in [0.3, 0.4) is 0 Å². The summed E-state index contributed by atoms with van der Waals surface area (Å²) >= 11 is 5.67. The molecule has 1 aliphatic rings. The first kappa shape index (κ1) is 8.79. The van der Waals surface area contributed by atoms with Crippen molar-refractivity contribution in [3.63, 3.8) is 0 Å². The molecule has 76 valence electrons. The van der Waals surface area contributed by atoms with Crippen LogP contribution in [0.2, 0.25) is 5.15 Å². The minimum absolute atomic E-state index is 0.389. The Morgan fingerprint density at radius 1 is 1.20 bits per heavy atom. The minimum atomic E-state index is 0.389. The molecule has 2 aromatic heterocycles. The first-order chi connectivity index (χ1) is 7.34. The van der Waals surface area contributed by atoms with E-state index in [0.717, 1.165) is 36.7 Å². The molecular formula is C9H8ClN5. The van der Waals surface area contributed by atoms with Crippen molar-refractivity contribution in [2.45, 2.75) is 19.4 Å². The zero-order valence-electron chi connectivity index (χ0n) is 7.89. The zero-order valence-corrected chi connectivity index (χ0v) is 8.65. The summed E-state index contributed by atoms with van der Waals surface area (Å²) in [7, 11) is 0. The molecule has 2 aromatic rings. The number of aryl methyl sites for hydroxylation is 1. The first-order valence-corrected chi connectivity index (χ1v) is 5.12. The van der Waals surface area contributed by atoms with Crippen molar-refractivity contribution in [1.82, 2.24) is 24.7 Å². The topological polar surface area (TPSA) is 56.5 Å². The molecule has 0 radical (unpaired) electrons. The maximum atomic E-state index is 5.67. The van der Waals surface area contributed by atoms with E-state index in [9.17, 15) is 0 Å². The second kappa shape index (κ2) is 3.27. The standard InChI is InChI=1S/C9H8ClN5/c10-7-5-11-6(4-12-7)9-14-13-8-2-1-3-15(8)9/h4-5H,1-3H2. The third kappa shape index (κ3) is 1.39. The van der Waals surface area contributed by atoms with Gasteiger partial charge in [-0.3, -0.25) is 0 Å². The van der Waals surface area contributed by atoms with Gasteiger partial charge in [-0.25, -0.2) is 9.97 Å². The summed E-state index contributed by atoms with van der Waals surface area (Å²) < 4.78 is 2.08. The van der Waals surface area contributed by atoms with E-state index in [1.165, 1.54) is 6.20 Å². The molecule has 0 spiro atoms. The third-order valence-electron chi connectivity index (χ3n) is 2.46. The number of hydrogen-bond acceptors (Lipinski definition) is 4. The van der Waals surface area contributed by atoms with Gasteiger partial charge >= 0.3 is 0 Å². The number of nitrogens with zero attached hydrogens (tertiary/aromatic N) is 5. The van der Waals surface area contributed by atoms with Crippen LogP contribution in [0.15, 0.2) is 12.4 Å². The molecule has 0 atom stereocenters. The maximum Gasteiger partial charge on any atom is 0.184 e. The van der Waals surface area contributed by atoms with Crippen LogP contribution in [0, 0.1) is 0 Å². The highest BCUT2D eigenvalue weighted by atomic mass is 35.5. The normalized spacial score (nSPS) is 14.2. The van der Waals surface area contributed by atoms with Crippen molar-refractivity contribution in [3.8, 4) is 11.5 Å². The largest absolute Gasteiger partial charge is 0.310 e. The van der Waals surface area contributed by atoms with E-state index in [0.29, 0.717) is 5.15 Å². The van der Waals surface area contributed by atoms with Gasteiger partial charge in [0.2, 0.25) is 0 Å². The lowest BCUT2D eigenvalue weighted by Crippen LogP contribution is -1.98. The van der Waals surface area contributed by atoms with Gasteiger partial charge in [0.25, 0.3) is 0 Å². The van der Waals surface area contributed by atoms with Gasteiger partial charge in [0, 0.05) is 13.0 Å². The lowest BCUT2D eigenvalue weighted by atomic mass is 10.4. The van der Waals surface area contributed by atoms with Gasteiger partial charge in [-0.2, -0.15) is 0 Å². The third-order valence-corrected chi connectivity index (χ3v) is 2.65. The quantitative estimate of drug-likeness (QED) is 0.729. The Kier molecular flexibility index (Phi) is 1.92. The van der Waals surface area contributed by atoms with Crippen molar-refractivity contribution < 1.29 is 0 Å². The summed E-state index contributed by atoms with van der Waals surface area (Å²) in [6.07, 6.45) is 5.26. The molecule has 0 bridgehead atoms. The lowest BCUT2D eigenvalue weighted by molar-refractivity contribution is 0.746. The Morgan fingerprint density at radius 3 is 2.93 bits per heavy atom. The molecular weight excluding hydrogens is 214 g/mol. The Morgan fingerprint density at radius 2 is 2.13 bits per heavy atom. The van der Waals surface area contributed by atoms with Gasteiger partial charge in [-0.05, 0) is 6.42 Å².